The maximum atomic E-state index is 12.8. The highest BCUT2D eigenvalue weighted by atomic mass is 32.2. The van der Waals surface area contributed by atoms with E-state index >= 15 is 0 Å². The van der Waals surface area contributed by atoms with Crippen LogP contribution in [0.5, 0.6) is 0 Å². The summed E-state index contributed by atoms with van der Waals surface area (Å²) in [6.45, 7) is 0.780. The van der Waals surface area contributed by atoms with Crippen LogP contribution in [0.3, 0.4) is 0 Å². The number of benzene rings is 1. The molecule has 1 atom stereocenters. The monoisotopic (exact) mass is 328 g/mol. The summed E-state index contributed by atoms with van der Waals surface area (Å²) in [7, 11) is -1.34. The van der Waals surface area contributed by atoms with Gasteiger partial charge in [0, 0.05) is 13.1 Å². The normalized spacial score (nSPS) is 20.0. The van der Waals surface area contributed by atoms with Crippen LogP contribution >= 0.6 is 0 Å². The van der Waals surface area contributed by atoms with Crippen LogP contribution in [0.4, 0.5) is 4.39 Å². The van der Waals surface area contributed by atoms with E-state index in [0.717, 1.165) is 5.56 Å². The van der Waals surface area contributed by atoms with Crippen molar-refractivity contribution in [2.45, 2.75) is 18.9 Å². The average Bonchev–Trinajstić information content (AvgIpc) is 2.84. The molecule has 1 aromatic carbocycles. The number of hydrogen-bond acceptors (Lipinski definition) is 4. The third-order valence-corrected chi connectivity index (χ3v) is 5.68. The maximum Gasteiger partial charge on any atom is 0.236 e. The Kier molecular flexibility index (Phi) is 5.52. The lowest BCUT2D eigenvalue weighted by molar-refractivity contribution is -0.130. The van der Waals surface area contributed by atoms with E-state index in [-0.39, 0.29) is 35.8 Å². The summed E-state index contributed by atoms with van der Waals surface area (Å²) in [5.74, 6) is -0.154. The van der Waals surface area contributed by atoms with Gasteiger partial charge in [-0.1, -0.05) is 12.1 Å². The minimum atomic E-state index is -2.98. The molecular weight excluding hydrogens is 307 g/mol. The number of hydrogen-bond donors (Lipinski definition) is 1. The van der Waals surface area contributed by atoms with E-state index in [0.29, 0.717) is 19.4 Å². The molecule has 1 aliphatic heterocycles. The number of nitrogens with zero attached hydrogens (tertiary/aromatic N) is 1. The zero-order chi connectivity index (χ0) is 16.2. The molecule has 1 N–H and O–H groups in total. The molecule has 1 aromatic rings. The lowest BCUT2D eigenvalue weighted by atomic mass is 10.1. The van der Waals surface area contributed by atoms with Gasteiger partial charge >= 0.3 is 0 Å². The predicted octanol–water partition coefficient (Wildman–Crippen LogP) is 0.603. The van der Waals surface area contributed by atoms with Gasteiger partial charge in [-0.05, 0) is 37.1 Å². The molecule has 0 radical (unpaired) electrons. The summed E-state index contributed by atoms with van der Waals surface area (Å²) >= 11 is 0. The number of rotatable bonds is 6. The first-order valence-electron chi connectivity index (χ1n) is 7.28. The molecule has 122 valence electrons. The van der Waals surface area contributed by atoms with Gasteiger partial charge < -0.3 is 10.2 Å². The maximum absolute atomic E-state index is 12.8. The average molecular weight is 328 g/mol. The van der Waals surface area contributed by atoms with Gasteiger partial charge in [-0.15, -0.1) is 0 Å². The third-order valence-electron chi connectivity index (χ3n) is 3.93. The summed E-state index contributed by atoms with van der Waals surface area (Å²) in [4.78, 5) is 13.5. The number of amides is 1. The number of halogens is 1. The highest BCUT2D eigenvalue weighted by Crippen LogP contribution is 2.16. The van der Waals surface area contributed by atoms with Crippen molar-refractivity contribution in [3.05, 3.63) is 35.6 Å². The molecule has 0 spiro atoms. The van der Waals surface area contributed by atoms with Crippen molar-refractivity contribution >= 4 is 15.7 Å². The van der Waals surface area contributed by atoms with Gasteiger partial charge in [0.1, 0.15) is 5.82 Å². The number of carbonyl (C=O) groups is 1. The lowest BCUT2D eigenvalue weighted by Crippen LogP contribution is -2.42. The molecule has 0 aliphatic carbocycles. The van der Waals surface area contributed by atoms with Crippen LogP contribution in [-0.4, -0.2) is 56.9 Å². The summed E-state index contributed by atoms with van der Waals surface area (Å²) in [5, 5.41) is 3.04. The number of sulfone groups is 1. The number of likely N-dealkylation sites (N-methyl/N-ethyl adjacent to an activating group) is 1. The van der Waals surface area contributed by atoms with E-state index in [1.807, 2.05) is 0 Å². The zero-order valence-corrected chi connectivity index (χ0v) is 13.4. The largest absolute Gasteiger partial charge is 0.341 e. The Balaban J connectivity index is 1.70. The second kappa shape index (κ2) is 7.19. The second-order valence-electron chi connectivity index (χ2n) is 5.61. The Morgan fingerprint density at radius 3 is 2.64 bits per heavy atom. The van der Waals surface area contributed by atoms with Gasteiger partial charge in [0.2, 0.25) is 5.91 Å². The molecule has 22 heavy (non-hydrogen) atoms. The summed E-state index contributed by atoms with van der Waals surface area (Å²) in [5.41, 5.74) is 0.997. The number of carbonyl (C=O) groups excluding carboxylic acids is 1. The van der Waals surface area contributed by atoms with Gasteiger partial charge in [0.05, 0.1) is 18.1 Å². The van der Waals surface area contributed by atoms with Crippen LogP contribution in [0, 0.1) is 5.82 Å². The zero-order valence-electron chi connectivity index (χ0n) is 12.6. The first kappa shape index (κ1) is 16.9. The van der Waals surface area contributed by atoms with Crippen molar-refractivity contribution in [3.63, 3.8) is 0 Å². The molecule has 0 saturated carbocycles. The topological polar surface area (TPSA) is 66.5 Å². The molecular formula is C15H21FN2O3S. The summed E-state index contributed by atoms with van der Waals surface area (Å²) in [6.07, 6.45) is 1.22. The molecule has 0 aromatic heterocycles. The van der Waals surface area contributed by atoms with Crippen molar-refractivity contribution < 1.29 is 17.6 Å². The highest BCUT2D eigenvalue weighted by molar-refractivity contribution is 7.91. The molecule has 7 heteroatoms. The van der Waals surface area contributed by atoms with Gasteiger partial charge in [-0.3, -0.25) is 4.79 Å². The standard InChI is InChI=1S/C15H21FN2O3S/c1-18(14-7-9-22(20,21)11-14)15(19)10-17-8-6-12-2-4-13(16)5-3-12/h2-5,14,17H,6-11H2,1H3. The Morgan fingerprint density at radius 1 is 1.36 bits per heavy atom. The first-order valence-corrected chi connectivity index (χ1v) is 9.11. The minimum Gasteiger partial charge on any atom is -0.341 e. The van der Waals surface area contributed by atoms with E-state index in [1.165, 1.54) is 17.0 Å². The van der Waals surface area contributed by atoms with Crippen LogP contribution in [0.1, 0.15) is 12.0 Å². The van der Waals surface area contributed by atoms with Gasteiger partial charge in [0.15, 0.2) is 9.84 Å². The van der Waals surface area contributed by atoms with Crippen molar-refractivity contribution in [2.75, 3.05) is 31.6 Å². The fourth-order valence-electron chi connectivity index (χ4n) is 2.49. The van der Waals surface area contributed by atoms with Gasteiger partial charge in [-0.2, -0.15) is 0 Å². The van der Waals surface area contributed by atoms with E-state index in [4.69, 9.17) is 0 Å². The smallest absolute Gasteiger partial charge is 0.236 e. The Labute approximate surface area is 130 Å². The van der Waals surface area contributed by atoms with Crippen LogP contribution in [0.25, 0.3) is 0 Å². The van der Waals surface area contributed by atoms with Gasteiger partial charge in [-0.25, -0.2) is 12.8 Å². The van der Waals surface area contributed by atoms with Crippen LogP contribution in [0.2, 0.25) is 0 Å². The van der Waals surface area contributed by atoms with E-state index < -0.39 is 9.84 Å². The van der Waals surface area contributed by atoms with E-state index in [1.54, 1.807) is 19.2 Å². The Morgan fingerprint density at radius 2 is 2.05 bits per heavy atom. The summed E-state index contributed by atoms with van der Waals surface area (Å²) in [6, 6.07) is 6.04. The molecule has 1 aliphatic rings. The van der Waals surface area contributed by atoms with Gasteiger partial charge in [0.25, 0.3) is 0 Å². The summed E-state index contributed by atoms with van der Waals surface area (Å²) < 4.78 is 35.6. The molecule has 1 saturated heterocycles. The van der Waals surface area contributed by atoms with Crippen molar-refractivity contribution in [3.8, 4) is 0 Å². The molecule has 1 fully saturated rings. The lowest BCUT2D eigenvalue weighted by Gasteiger charge is -2.23. The van der Waals surface area contributed by atoms with Crippen LogP contribution in [-0.2, 0) is 21.1 Å². The molecule has 5 nitrogen and oxygen atoms in total. The fourth-order valence-corrected chi connectivity index (χ4v) is 4.26. The SMILES string of the molecule is CN(C(=O)CNCCc1ccc(F)cc1)C1CCS(=O)(=O)C1. The second-order valence-corrected chi connectivity index (χ2v) is 7.84. The van der Waals surface area contributed by atoms with Crippen molar-refractivity contribution in [2.24, 2.45) is 0 Å². The number of nitrogens with one attached hydrogen (secondary N) is 1. The molecule has 1 unspecified atom stereocenters. The molecule has 0 bridgehead atoms. The van der Waals surface area contributed by atoms with E-state index in [2.05, 4.69) is 5.32 Å². The van der Waals surface area contributed by atoms with Crippen molar-refractivity contribution in [1.82, 2.24) is 10.2 Å². The Bertz CT molecular complexity index is 616. The molecule has 1 amide bonds. The fraction of sp³-hybridized carbons (Fsp3) is 0.533. The van der Waals surface area contributed by atoms with Crippen molar-refractivity contribution in [1.29, 1.82) is 0 Å². The minimum absolute atomic E-state index is 0.0603. The first-order chi connectivity index (χ1) is 10.4. The molecule has 1 heterocycles. The van der Waals surface area contributed by atoms with Crippen LogP contribution < -0.4 is 5.32 Å². The quantitative estimate of drug-likeness (QED) is 0.777. The highest BCUT2D eigenvalue weighted by Gasteiger charge is 2.32. The Hall–Kier alpha value is -1.47. The van der Waals surface area contributed by atoms with E-state index in [9.17, 15) is 17.6 Å². The predicted molar refractivity (Wildman–Crippen MR) is 82.8 cm³/mol. The molecule has 2 rings (SSSR count). The third kappa shape index (κ3) is 4.78. The van der Waals surface area contributed by atoms with Crippen LogP contribution in [0.15, 0.2) is 24.3 Å².